The average molecular weight is 254 g/mol. The van der Waals surface area contributed by atoms with Crippen LogP contribution in [-0.4, -0.2) is 25.0 Å². The molecular weight excluding hydrogens is 238 g/mol. The number of carbonyl (C=O) groups is 1. The molecular formula is C13H16F2N2O. The monoisotopic (exact) mass is 254 g/mol. The van der Waals surface area contributed by atoms with E-state index in [-0.39, 0.29) is 18.4 Å². The summed E-state index contributed by atoms with van der Waals surface area (Å²) >= 11 is 0. The van der Waals surface area contributed by atoms with E-state index in [4.69, 9.17) is 0 Å². The van der Waals surface area contributed by atoms with Gasteiger partial charge >= 0.3 is 0 Å². The van der Waals surface area contributed by atoms with E-state index in [0.717, 1.165) is 25.2 Å². The van der Waals surface area contributed by atoms with Gasteiger partial charge in [0.1, 0.15) is 0 Å². The Labute approximate surface area is 105 Å². The van der Waals surface area contributed by atoms with Crippen LogP contribution in [-0.2, 0) is 11.2 Å². The van der Waals surface area contributed by atoms with Crippen LogP contribution in [0.4, 0.5) is 8.78 Å². The van der Waals surface area contributed by atoms with Crippen molar-refractivity contribution in [2.24, 2.45) is 5.92 Å². The molecule has 1 aliphatic rings. The molecule has 1 aliphatic heterocycles. The third-order valence-corrected chi connectivity index (χ3v) is 3.21. The molecule has 0 aliphatic carbocycles. The zero-order valence-corrected chi connectivity index (χ0v) is 10.2. The Balaban J connectivity index is 1.92. The van der Waals surface area contributed by atoms with Crippen molar-refractivity contribution in [3.05, 3.63) is 35.4 Å². The molecule has 0 spiro atoms. The summed E-state index contributed by atoms with van der Waals surface area (Å²) in [7, 11) is 0. The lowest BCUT2D eigenvalue weighted by atomic mass is 10.1. The van der Waals surface area contributed by atoms with Gasteiger partial charge < -0.3 is 10.6 Å². The van der Waals surface area contributed by atoms with E-state index in [0.29, 0.717) is 11.5 Å². The number of rotatable bonds is 3. The van der Waals surface area contributed by atoms with E-state index in [9.17, 15) is 13.6 Å². The number of nitrogens with one attached hydrogen (secondary N) is 2. The van der Waals surface area contributed by atoms with Crippen LogP contribution in [0.25, 0.3) is 0 Å². The Morgan fingerprint density at radius 1 is 1.39 bits per heavy atom. The maximum absolute atomic E-state index is 13.0. The number of benzene rings is 1. The van der Waals surface area contributed by atoms with Crippen molar-refractivity contribution >= 4 is 5.91 Å². The van der Waals surface area contributed by atoms with Crippen LogP contribution in [0.15, 0.2) is 18.2 Å². The largest absolute Gasteiger partial charge is 0.351 e. The zero-order chi connectivity index (χ0) is 13.1. The zero-order valence-electron chi connectivity index (χ0n) is 10.2. The van der Waals surface area contributed by atoms with E-state index < -0.39 is 11.6 Å². The predicted octanol–water partition coefficient (Wildman–Crippen LogP) is 1.23. The minimum absolute atomic E-state index is 0.0699. The van der Waals surface area contributed by atoms with E-state index >= 15 is 0 Å². The molecule has 1 aromatic carbocycles. The predicted molar refractivity (Wildman–Crippen MR) is 64.0 cm³/mol. The van der Waals surface area contributed by atoms with Crippen molar-refractivity contribution in [1.82, 2.24) is 10.6 Å². The molecule has 0 aromatic heterocycles. The summed E-state index contributed by atoms with van der Waals surface area (Å²) in [6.45, 7) is 3.70. The summed E-state index contributed by atoms with van der Waals surface area (Å²) < 4.78 is 25.7. The fourth-order valence-corrected chi connectivity index (χ4v) is 2.10. The van der Waals surface area contributed by atoms with Gasteiger partial charge in [0.25, 0.3) is 0 Å². The molecule has 2 unspecified atom stereocenters. The Morgan fingerprint density at radius 3 is 2.78 bits per heavy atom. The van der Waals surface area contributed by atoms with E-state index in [1.807, 2.05) is 0 Å². The van der Waals surface area contributed by atoms with Gasteiger partial charge in [-0.05, 0) is 30.2 Å². The first kappa shape index (κ1) is 13.0. The van der Waals surface area contributed by atoms with Crippen LogP contribution in [0.5, 0.6) is 0 Å². The van der Waals surface area contributed by atoms with Gasteiger partial charge in [0.15, 0.2) is 11.6 Å². The van der Waals surface area contributed by atoms with Gasteiger partial charge in [-0.3, -0.25) is 4.79 Å². The fraction of sp³-hybridized carbons (Fsp3) is 0.462. The first-order chi connectivity index (χ1) is 8.56. The molecule has 3 nitrogen and oxygen atoms in total. The van der Waals surface area contributed by atoms with Crippen LogP contribution in [0.1, 0.15) is 12.5 Å². The van der Waals surface area contributed by atoms with Gasteiger partial charge in [0.05, 0.1) is 6.42 Å². The van der Waals surface area contributed by atoms with Crippen molar-refractivity contribution in [2.75, 3.05) is 13.1 Å². The fourth-order valence-electron chi connectivity index (χ4n) is 2.10. The van der Waals surface area contributed by atoms with Crippen LogP contribution in [0.3, 0.4) is 0 Å². The second-order valence-electron chi connectivity index (χ2n) is 4.73. The van der Waals surface area contributed by atoms with E-state index in [1.54, 1.807) is 0 Å². The summed E-state index contributed by atoms with van der Waals surface area (Å²) in [6, 6.07) is 3.64. The van der Waals surface area contributed by atoms with Gasteiger partial charge in [-0.1, -0.05) is 13.0 Å². The molecule has 1 aromatic rings. The van der Waals surface area contributed by atoms with Crippen molar-refractivity contribution < 1.29 is 13.6 Å². The molecule has 2 rings (SSSR count). The topological polar surface area (TPSA) is 41.1 Å². The van der Waals surface area contributed by atoms with Crippen molar-refractivity contribution in [3.8, 4) is 0 Å². The Kier molecular flexibility index (Phi) is 3.91. The van der Waals surface area contributed by atoms with Crippen molar-refractivity contribution in [3.63, 3.8) is 0 Å². The average Bonchev–Trinajstić information content (AvgIpc) is 2.70. The second-order valence-corrected chi connectivity index (χ2v) is 4.73. The number of amides is 1. The van der Waals surface area contributed by atoms with Gasteiger partial charge in [0, 0.05) is 12.6 Å². The minimum atomic E-state index is -0.920. The second kappa shape index (κ2) is 5.44. The molecule has 2 atom stereocenters. The van der Waals surface area contributed by atoms with Crippen LogP contribution < -0.4 is 10.6 Å². The summed E-state index contributed by atoms with van der Waals surface area (Å²) in [5.74, 6) is -1.59. The van der Waals surface area contributed by atoms with Crippen molar-refractivity contribution in [2.45, 2.75) is 19.4 Å². The lowest BCUT2D eigenvalue weighted by Gasteiger charge is -2.16. The minimum Gasteiger partial charge on any atom is -0.351 e. The molecule has 0 radical (unpaired) electrons. The molecule has 2 N–H and O–H groups in total. The Hall–Kier alpha value is -1.49. The molecule has 1 heterocycles. The highest BCUT2D eigenvalue weighted by molar-refractivity contribution is 5.78. The van der Waals surface area contributed by atoms with Crippen LogP contribution in [0.2, 0.25) is 0 Å². The molecule has 1 saturated heterocycles. The highest BCUT2D eigenvalue weighted by Crippen LogP contribution is 2.11. The molecule has 98 valence electrons. The van der Waals surface area contributed by atoms with E-state index in [1.165, 1.54) is 6.07 Å². The third kappa shape index (κ3) is 3.04. The van der Waals surface area contributed by atoms with Gasteiger partial charge in [-0.25, -0.2) is 8.78 Å². The van der Waals surface area contributed by atoms with Gasteiger partial charge in [-0.15, -0.1) is 0 Å². The quantitative estimate of drug-likeness (QED) is 0.852. The summed E-state index contributed by atoms with van der Waals surface area (Å²) in [5, 5.41) is 6.08. The number of halogens is 2. The van der Waals surface area contributed by atoms with Crippen LogP contribution >= 0.6 is 0 Å². The maximum Gasteiger partial charge on any atom is 0.224 e. The molecule has 1 amide bonds. The third-order valence-electron chi connectivity index (χ3n) is 3.21. The standard InChI is InChI=1S/C13H16F2N2O/c1-8-6-16-7-12(8)17-13(18)5-9-2-3-10(14)11(15)4-9/h2-4,8,12,16H,5-7H2,1H3,(H,17,18). The summed E-state index contributed by atoms with van der Waals surface area (Å²) in [5.41, 5.74) is 0.477. The maximum atomic E-state index is 13.0. The SMILES string of the molecule is CC1CNCC1NC(=O)Cc1ccc(F)c(F)c1. The van der Waals surface area contributed by atoms with E-state index in [2.05, 4.69) is 17.6 Å². The first-order valence-electron chi connectivity index (χ1n) is 6.00. The normalized spacial score (nSPS) is 23.1. The van der Waals surface area contributed by atoms with Crippen LogP contribution in [0, 0.1) is 17.6 Å². The van der Waals surface area contributed by atoms with Crippen molar-refractivity contribution in [1.29, 1.82) is 0 Å². The summed E-state index contributed by atoms with van der Waals surface area (Å²) in [4.78, 5) is 11.8. The highest BCUT2D eigenvalue weighted by atomic mass is 19.2. The number of carbonyl (C=O) groups excluding carboxylic acids is 1. The Morgan fingerprint density at radius 2 is 2.17 bits per heavy atom. The smallest absolute Gasteiger partial charge is 0.224 e. The molecule has 0 bridgehead atoms. The molecule has 0 saturated carbocycles. The molecule has 1 fully saturated rings. The van der Waals surface area contributed by atoms with Gasteiger partial charge in [0.2, 0.25) is 5.91 Å². The lowest BCUT2D eigenvalue weighted by molar-refractivity contribution is -0.121. The highest BCUT2D eigenvalue weighted by Gasteiger charge is 2.24. The number of hydrogen-bond donors (Lipinski definition) is 2. The lowest BCUT2D eigenvalue weighted by Crippen LogP contribution is -2.40. The Bertz CT molecular complexity index is 451. The summed E-state index contributed by atoms with van der Waals surface area (Å²) in [6.07, 6.45) is 0.0699. The molecule has 5 heteroatoms. The van der Waals surface area contributed by atoms with Gasteiger partial charge in [-0.2, -0.15) is 0 Å². The number of hydrogen-bond acceptors (Lipinski definition) is 2. The first-order valence-corrected chi connectivity index (χ1v) is 6.00. The molecule has 18 heavy (non-hydrogen) atoms.